The number of benzene rings is 1. The molecule has 2 aromatic rings. The summed E-state index contributed by atoms with van der Waals surface area (Å²) in [7, 11) is 0. The van der Waals surface area contributed by atoms with Crippen LogP contribution in [0.5, 0.6) is 5.75 Å². The third-order valence-corrected chi connectivity index (χ3v) is 5.74. The molecule has 0 unspecified atom stereocenters. The summed E-state index contributed by atoms with van der Waals surface area (Å²) in [5, 5.41) is 0.499. The first kappa shape index (κ1) is 19.5. The molecule has 1 saturated heterocycles. The molecule has 0 spiro atoms. The van der Waals surface area contributed by atoms with Gasteiger partial charge >= 0.3 is 0 Å². The summed E-state index contributed by atoms with van der Waals surface area (Å²) < 4.78 is 12.0. The number of nitrogens with zero attached hydrogens (tertiary/aromatic N) is 1. The summed E-state index contributed by atoms with van der Waals surface area (Å²) in [6.07, 6.45) is 1.48. The number of hydrogen-bond donors (Lipinski definition) is 3. The normalized spacial score (nSPS) is 15.7. The molecule has 9 heteroatoms. The first-order valence-corrected chi connectivity index (χ1v) is 9.63. The van der Waals surface area contributed by atoms with Crippen LogP contribution in [0.4, 0.5) is 10.7 Å². The predicted octanol–water partition coefficient (Wildman–Crippen LogP) is 2.99. The number of halogens is 1. The molecule has 144 valence electrons. The van der Waals surface area contributed by atoms with Crippen molar-refractivity contribution in [2.75, 3.05) is 18.9 Å². The van der Waals surface area contributed by atoms with E-state index in [9.17, 15) is 4.79 Å². The Morgan fingerprint density at radius 1 is 1.33 bits per heavy atom. The van der Waals surface area contributed by atoms with Gasteiger partial charge in [-0.3, -0.25) is 4.79 Å². The number of hydrogen-bond acceptors (Lipinski definition) is 6. The molecule has 1 aliphatic rings. The second-order valence-electron chi connectivity index (χ2n) is 6.21. The van der Waals surface area contributed by atoms with Crippen LogP contribution >= 0.6 is 22.9 Å². The molecule has 7 nitrogen and oxygen atoms in total. The van der Waals surface area contributed by atoms with Crippen molar-refractivity contribution in [3.63, 3.8) is 0 Å². The minimum atomic E-state index is -0.542. The third kappa shape index (κ3) is 4.35. The Balaban J connectivity index is 1.98. The van der Waals surface area contributed by atoms with Crippen LogP contribution in [0.1, 0.15) is 34.3 Å². The number of rotatable bonds is 5. The lowest BCUT2D eigenvalue weighted by Gasteiger charge is -2.24. The van der Waals surface area contributed by atoms with E-state index >= 15 is 0 Å². The molecular formula is C18H21ClN4O3S. The van der Waals surface area contributed by atoms with E-state index in [-0.39, 0.29) is 11.9 Å². The van der Waals surface area contributed by atoms with Crippen molar-refractivity contribution in [3.05, 3.63) is 39.2 Å². The Morgan fingerprint density at radius 2 is 2.04 bits per heavy atom. The minimum Gasteiger partial charge on any atom is -0.488 e. The van der Waals surface area contributed by atoms with Gasteiger partial charge in [-0.25, -0.2) is 4.99 Å². The van der Waals surface area contributed by atoms with Crippen molar-refractivity contribution >= 4 is 45.4 Å². The van der Waals surface area contributed by atoms with E-state index in [1.165, 1.54) is 11.3 Å². The SMILES string of the molecule is Cc1c(Cl)sc(N)c1C(N)=Nc1ccc(C(N)=O)cc1OC1CCOCC1. The lowest BCUT2D eigenvalue weighted by atomic mass is 10.1. The highest BCUT2D eigenvalue weighted by atomic mass is 35.5. The number of aliphatic imine (C=N–C) groups is 1. The fraction of sp³-hybridized carbons (Fsp3) is 0.333. The molecule has 0 bridgehead atoms. The zero-order chi connectivity index (χ0) is 19.6. The molecule has 1 aromatic carbocycles. The van der Waals surface area contributed by atoms with Gasteiger partial charge in [0.25, 0.3) is 0 Å². The molecule has 1 aliphatic heterocycles. The van der Waals surface area contributed by atoms with Crippen LogP contribution in [0.2, 0.25) is 4.34 Å². The molecule has 6 N–H and O–H groups in total. The van der Waals surface area contributed by atoms with Crippen LogP contribution in [0.25, 0.3) is 0 Å². The number of anilines is 1. The molecule has 2 heterocycles. The van der Waals surface area contributed by atoms with Gasteiger partial charge in [0, 0.05) is 18.4 Å². The van der Waals surface area contributed by atoms with Gasteiger partial charge in [-0.05, 0) is 30.7 Å². The average molecular weight is 409 g/mol. The van der Waals surface area contributed by atoms with Gasteiger partial charge in [0.1, 0.15) is 23.4 Å². The van der Waals surface area contributed by atoms with Gasteiger partial charge < -0.3 is 26.7 Å². The van der Waals surface area contributed by atoms with Crippen molar-refractivity contribution in [1.29, 1.82) is 0 Å². The van der Waals surface area contributed by atoms with E-state index in [1.807, 2.05) is 6.92 Å². The van der Waals surface area contributed by atoms with Crippen LogP contribution in [-0.2, 0) is 4.74 Å². The number of ether oxygens (including phenoxy) is 2. The van der Waals surface area contributed by atoms with Crippen LogP contribution in [0, 0.1) is 6.92 Å². The Kier molecular flexibility index (Phi) is 5.88. The zero-order valence-electron chi connectivity index (χ0n) is 14.8. The maximum atomic E-state index is 11.5. The fourth-order valence-electron chi connectivity index (χ4n) is 2.84. The lowest BCUT2D eigenvalue weighted by Crippen LogP contribution is -2.26. The fourth-order valence-corrected chi connectivity index (χ4v) is 3.99. The molecule has 1 fully saturated rings. The summed E-state index contributed by atoms with van der Waals surface area (Å²) in [6, 6.07) is 4.82. The van der Waals surface area contributed by atoms with Gasteiger partial charge in [-0.1, -0.05) is 11.6 Å². The Hall–Kier alpha value is -2.29. The van der Waals surface area contributed by atoms with E-state index in [0.717, 1.165) is 18.4 Å². The van der Waals surface area contributed by atoms with Crippen LogP contribution in [-0.4, -0.2) is 31.1 Å². The highest BCUT2D eigenvalue weighted by Crippen LogP contribution is 2.36. The van der Waals surface area contributed by atoms with Crippen molar-refractivity contribution in [1.82, 2.24) is 0 Å². The maximum Gasteiger partial charge on any atom is 0.248 e. The second-order valence-corrected chi connectivity index (χ2v) is 7.87. The zero-order valence-corrected chi connectivity index (χ0v) is 16.4. The van der Waals surface area contributed by atoms with Crippen molar-refractivity contribution < 1.29 is 14.3 Å². The summed E-state index contributed by atoms with van der Waals surface area (Å²) in [5.41, 5.74) is 19.8. The van der Waals surface area contributed by atoms with Gasteiger partial charge in [0.05, 0.1) is 28.1 Å². The number of nitrogens with two attached hydrogens (primary N) is 3. The molecule has 1 amide bonds. The highest BCUT2D eigenvalue weighted by Gasteiger charge is 2.19. The van der Waals surface area contributed by atoms with Gasteiger partial charge in [-0.2, -0.15) is 0 Å². The molecule has 27 heavy (non-hydrogen) atoms. The molecule has 0 radical (unpaired) electrons. The minimum absolute atomic E-state index is 0.0283. The molecule has 0 atom stereocenters. The second kappa shape index (κ2) is 8.16. The smallest absolute Gasteiger partial charge is 0.248 e. The number of primary amides is 1. The summed E-state index contributed by atoms with van der Waals surface area (Å²) in [5.74, 6) is 0.135. The number of amidine groups is 1. The average Bonchev–Trinajstić information content (AvgIpc) is 2.89. The van der Waals surface area contributed by atoms with E-state index in [0.29, 0.717) is 45.1 Å². The van der Waals surface area contributed by atoms with E-state index < -0.39 is 5.91 Å². The van der Waals surface area contributed by atoms with Gasteiger partial charge in [0.2, 0.25) is 5.91 Å². The number of carbonyl (C=O) groups is 1. The Labute approximate surface area is 166 Å². The molecule has 1 aromatic heterocycles. The molecule has 0 aliphatic carbocycles. The Bertz CT molecular complexity index is 891. The Morgan fingerprint density at radius 3 is 2.63 bits per heavy atom. The van der Waals surface area contributed by atoms with Crippen LogP contribution < -0.4 is 21.9 Å². The monoisotopic (exact) mass is 408 g/mol. The quantitative estimate of drug-likeness (QED) is 0.517. The summed E-state index contributed by atoms with van der Waals surface area (Å²) in [4.78, 5) is 16.0. The predicted molar refractivity (Wildman–Crippen MR) is 108 cm³/mol. The van der Waals surface area contributed by atoms with Gasteiger partial charge in [-0.15, -0.1) is 11.3 Å². The van der Waals surface area contributed by atoms with Crippen molar-refractivity contribution in [2.45, 2.75) is 25.9 Å². The molecular weight excluding hydrogens is 388 g/mol. The van der Waals surface area contributed by atoms with E-state index in [2.05, 4.69) is 4.99 Å². The molecule has 3 rings (SSSR count). The number of amides is 1. The number of nitrogen functional groups attached to an aromatic ring is 1. The summed E-state index contributed by atoms with van der Waals surface area (Å²) in [6.45, 7) is 3.09. The number of carbonyl (C=O) groups excluding carboxylic acids is 1. The number of thiophene rings is 1. The largest absolute Gasteiger partial charge is 0.488 e. The first-order chi connectivity index (χ1) is 12.9. The third-order valence-electron chi connectivity index (χ3n) is 4.32. The van der Waals surface area contributed by atoms with E-state index in [4.69, 9.17) is 38.3 Å². The molecule has 0 saturated carbocycles. The van der Waals surface area contributed by atoms with E-state index in [1.54, 1.807) is 18.2 Å². The van der Waals surface area contributed by atoms with Crippen molar-refractivity contribution in [2.24, 2.45) is 16.5 Å². The topological polar surface area (TPSA) is 126 Å². The standard InChI is InChI=1S/C18H21ClN4O3S/c1-9-14(18(22)27-15(9)19)16(20)23-12-3-2-10(17(21)24)8-13(12)26-11-4-6-25-7-5-11/h2-3,8,11H,4-7,22H2,1H3,(H2,20,23)(H2,21,24). The highest BCUT2D eigenvalue weighted by molar-refractivity contribution is 7.20. The lowest BCUT2D eigenvalue weighted by molar-refractivity contribution is 0.0257. The van der Waals surface area contributed by atoms with Crippen LogP contribution in [0.15, 0.2) is 23.2 Å². The van der Waals surface area contributed by atoms with Crippen molar-refractivity contribution in [3.8, 4) is 5.75 Å². The van der Waals surface area contributed by atoms with Gasteiger partial charge in [0.15, 0.2) is 0 Å². The maximum absolute atomic E-state index is 11.5. The summed E-state index contributed by atoms with van der Waals surface area (Å²) >= 11 is 7.39. The first-order valence-electron chi connectivity index (χ1n) is 8.44. The van der Waals surface area contributed by atoms with Crippen LogP contribution in [0.3, 0.4) is 0 Å².